The van der Waals surface area contributed by atoms with Gasteiger partial charge in [-0.25, -0.2) is 0 Å². The summed E-state index contributed by atoms with van der Waals surface area (Å²) >= 11 is 5.27. The number of para-hydroxylation sites is 1. The van der Waals surface area contributed by atoms with Gasteiger partial charge in [0, 0.05) is 5.39 Å². The van der Waals surface area contributed by atoms with Gasteiger partial charge in [0.2, 0.25) is 5.76 Å². The number of nitrogens with zero attached hydrogens (tertiary/aromatic N) is 1. The van der Waals surface area contributed by atoms with Crippen LogP contribution in [0.2, 0.25) is 0 Å². The number of furan rings is 1. The van der Waals surface area contributed by atoms with Gasteiger partial charge in [0.1, 0.15) is 11.3 Å². The van der Waals surface area contributed by atoms with E-state index in [0.717, 1.165) is 0 Å². The molecular formula is C9H4ClNO4S. The van der Waals surface area contributed by atoms with Gasteiger partial charge in [-0.05, 0) is 23.7 Å². The van der Waals surface area contributed by atoms with E-state index in [4.69, 9.17) is 16.0 Å². The minimum atomic E-state index is -2.67. The number of fused-ring (bicyclic) bond motifs is 1. The fourth-order valence-electron chi connectivity index (χ4n) is 1.33. The molecule has 1 heterocycles. The van der Waals surface area contributed by atoms with Crippen molar-refractivity contribution >= 4 is 44.0 Å². The normalized spacial score (nSPS) is 10.3. The minimum absolute atomic E-state index is 0.0658. The molecule has 0 aliphatic carbocycles. The fourth-order valence-corrected chi connectivity index (χ4v) is 1.79. The lowest BCUT2D eigenvalue weighted by Crippen LogP contribution is -1.83. The standard InChI is InChI=1S/C9H4ClNO4S/c10-9(12)8-7(11-16(13)14)5-3-1-2-4-6(5)15-8/h1-4H. The molecule has 0 saturated heterocycles. The van der Waals surface area contributed by atoms with E-state index in [2.05, 4.69) is 4.36 Å². The maximum absolute atomic E-state index is 11.0. The molecule has 0 amide bonds. The van der Waals surface area contributed by atoms with E-state index in [1.807, 2.05) is 0 Å². The lowest BCUT2D eigenvalue weighted by molar-refractivity contribution is 0.106. The van der Waals surface area contributed by atoms with Crippen LogP contribution in [-0.4, -0.2) is 13.7 Å². The summed E-state index contributed by atoms with van der Waals surface area (Å²) in [5, 5.41) is -0.462. The predicted molar refractivity (Wildman–Crippen MR) is 57.4 cm³/mol. The van der Waals surface area contributed by atoms with E-state index in [9.17, 15) is 13.2 Å². The molecule has 0 fully saturated rings. The highest BCUT2D eigenvalue weighted by Gasteiger charge is 2.18. The van der Waals surface area contributed by atoms with Crippen LogP contribution >= 0.6 is 11.6 Å². The van der Waals surface area contributed by atoms with Gasteiger partial charge in [-0.3, -0.25) is 4.79 Å². The van der Waals surface area contributed by atoms with Gasteiger partial charge >= 0.3 is 10.5 Å². The van der Waals surface area contributed by atoms with Crippen LogP contribution < -0.4 is 0 Å². The highest BCUT2D eigenvalue weighted by Crippen LogP contribution is 2.33. The molecule has 0 radical (unpaired) electrons. The Bertz CT molecular complexity index is 693. The first-order valence-corrected chi connectivity index (χ1v) is 5.53. The molecule has 0 aliphatic rings. The van der Waals surface area contributed by atoms with Crippen molar-refractivity contribution in [2.24, 2.45) is 4.36 Å². The van der Waals surface area contributed by atoms with Crippen LogP contribution in [0.3, 0.4) is 0 Å². The number of halogens is 1. The highest BCUT2D eigenvalue weighted by atomic mass is 35.5. The summed E-state index contributed by atoms with van der Waals surface area (Å²) in [5.41, 5.74) is 0.291. The van der Waals surface area contributed by atoms with Crippen molar-refractivity contribution in [1.29, 1.82) is 0 Å². The molecular weight excluding hydrogens is 254 g/mol. The third kappa shape index (κ3) is 1.84. The molecule has 0 spiro atoms. The van der Waals surface area contributed by atoms with Crippen molar-refractivity contribution in [2.45, 2.75) is 0 Å². The Labute approximate surface area is 96.3 Å². The number of benzene rings is 1. The Morgan fingerprint density at radius 1 is 1.31 bits per heavy atom. The van der Waals surface area contributed by atoms with Crippen molar-refractivity contribution in [1.82, 2.24) is 0 Å². The lowest BCUT2D eigenvalue weighted by Gasteiger charge is -1.86. The Kier molecular flexibility index (Phi) is 2.76. The molecule has 0 atom stereocenters. The molecule has 2 aromatic rings. The zero-order valence-electron chi connectivity index (χ0n) is 7.68. The van der Waals surface area contributed by atoms with Gasteiger partial charge < -0.3 is 4.42 Å². The van der Waals surface area contributed by atoms with Crippen LogP contribution in [0.5, 0.6) is 0 Å². The molecule has 0 bridgehead atoms. The van der Waals surface area contributed by atoms with Crippen LogP contribution in [0.4, 0.5) is 5.69 Å². The molecule has 2 rings (SSSR count). The van der Waals surface area contributed by atoms with Crippen molar-refractivity contribution in [3.8, 4) is 0 Å². The van der Waals surface area contributed by atoms with Crippen LogP contribution in [0.1, 0.15) is 10.6 Å². The summed E-state index contributed by atoms with van der Waals surface area (Å²) in [6.45, 7) is 0. The molecule has 82 valence electrons. The maximum atomic E-state index is 11.0. The van der Waals surface area contributed by atoms with Crippen LogP contribution in [0.15, 0.2) is 33.0 Å². The molecule has 7 heteroatoms. The summed E-state index contributed by atoms with van der Waals surface area (Å²) < 4.78 is 29.4. The van der Waals surface area contributed by atoms with Crippen LogP contribution in [0, 0.1) is 0 Å². The third-order valence-electron chi connectivity index (χ3n) is 1.91. The number of hydrogen-bond donors (Lipinski definition) is 0. The SMILES string of the molecule is O=C(Cl)c1oc2ccccc2c1N=S(=O)=O. The smallest absolute Gasteiger partial charge is 0.316 e. The average molecular weight is 258 g/mol. The van der Waals surface area contributed by atoms with Crippen LogP contribution in [-0.2, 0) is 10.5 Å². The molecule has 0 unspecified atom stereocenters. The van der Waals surface area contributed by atoms with Crippen molar-refractivity contribution < 1.29 is 17.6 Å². The van der Waals surface area contributed by atoms with Crippen molar-refractivity contribution in [2.75, 3.05) is 0 Å². The largest absolute Gasteiger partial charge is 0.449 e. The van der Waals surface area contributed by atoms with Gasteiger partial charge in [0.25, 0.3) is 5.24 Å². The minimum Gasteiger partial charge on any atom is -0.449 e. The van der Waals surface area contributed by atoms with Crippen molar-refractivity contribution in [3.05, 3.63) is 30.0 Å². The van der Waals surface area contributed by atoms with E-state index in [-0.39, 0.29) is 11.4 Å². The van der Waals surface area contributed by atoms with E-state index in [1.54, 1.807) is 24.3 Å². The fraction of sp³-hybridized carbons (Fsp3) is 0. The van der Waals surface area contributed by atoms with Gasteiger partial charge in [0.05, 0.1) is 0 Å². The van der Waals surface area contributed by atoms with Gasteiger partial charge in [-0.2, -0.15) is 8.42 Å². The summed E-state index contributed by atoms with van der Waals surface area (Å²) in [4.78, 5) is 11.0. The molecule has 0 saturated carbocycles. The van der Waals surface area contributed by atoms with E-state index in [0.29, 0.717) is 11.0 Å². The number of rotatable bonds is 2. The quantitative estimate of drug-likeness (QED) is 0.775. The number of carbonyl (C=O) groups excluding carboxylic acids is 1. The second kappa shape index (κ2) is 4.07. The molecule has 16 heavy (non-hydrogen) atoms. The second-order valence-electron chi connectivity index (χ2n) is 2.86. The first kappa shape index (κ1) is 10.8. The highest BCUT2D eigenvalue weighted by molar-refractivity contribution is 7.61. The molecule has 0 aliphatic heterocycles. The zero-order valence-corrected chi connectivity index (χ0v) is 9.25. The summed E-state index contributed by atoms with van der Waals surface area (Å²) in [5.74, 6) is -0.271. The average Bonchev–Trinajstić information content (AvgIpc) is 2.57. The summed E-state index contributed by atoms with van der Waals surface area (Å²) in [6.07, 6.45) is 0. The summed E-state index contributed by atoms with van der Waals surface area (Å²) in [7, 11) is -2.67. The van der Waals surface area contributed by atoms with Gasteiger partial charge in [-0.1, -0.05) is 12.1 Å². The Morgan fingerprint density at radius 2 is 2.00 bits per heavy atom. The van der Waals surface area contributed by atoms with Gasteiger partial charge in [-0.15, -0.1) is 4.36 Å². The lowest BCUT2D eigenvalue weighted by atomic mass is 10.2. The van der Waals surface area contributed by atoms with E-state index >= 15 is 0 Å². The predicted octanol–water partition coefficient (Wildman–Crippen LogP) is 2.51. The molecule has 1 aromatic heterocycles. The Morgan fingerprint density at radius 3 is 2.62 bits per heavy atom. The Hall–Kier alpha value is -1.66. The zero-order chi connectivity index (χ0) is 11.7. The summed E-state index contributed by atoms with van der Waals surface area (Å²) in [6, 6.07) is 6.54. The molecule has 5 nitrogen and oxygen atoms in total. The maximum Gasteiger partial charge on any atom is 0.316 e. The first-order valence-electron chi connectivity index (χ1n) is 4.12. The second-order valence-corrected chi connectivity index (χ2v) is 3.82. The topological polar surface area (TPSA) is 76.7 Å². The van der Waals surface area contributed by atoms with Gasteiger partial charge in [0.15, 0.2) is 0 Å². The molecule has 1 aromatic carbocycles. The third-order valence-corrected chi connectivity index (χ3v) is 2.42. The molecule has 0 N–H and O–H groups in total. The monoisotopic (exact) mass is 257 g/mol. The van der Waals surface area contributed by atoms with Crippen molar-refractivity contribution in [3.63, 3.8) is 0 Å². The van der Waals surface area contributed by atoms with E-state index in [1.165, 1.54) is 0 Å². The number of hydrogen-bond acceptors (Lipinski definition) is 5. The first-order chi connectivity index (χ1) is 7.59. The van der Waals surface area contributed by atoms with Crippen LogP contribution in [0.25, 0.3) is 11.0 Å². The Balaban J connectivity index is 2.90. The van der Waals surface area contributed by atoms with E-state index < -0.39 is 15.7 Å². The number of carbonyl (C=O) groups is 1.